The Balaban J connectivity index is 1.80. The van der Waals surface area contributed by atoms with Crippen LogP contribution in [0.1, 0.15) is 41.7 Å². The maximum absolute atomic E-state index is 11.6. The lowest BCUT2D eigenvalue weighted by molar-refractivity contribution is -0.0503. The highest BCUT2D eigenvalue weighted by molar-refractivity contribution is 5.90. The normalized spacial score (nSPS) is 20.8. The fourth-order valence-electron chi connectivity index (χ4n) is 3.41. The molecule has 2 aliphatic rings. The fraction of sp³-hybridized carbons (Fsp3) is 0.625. The molecule has 1 saturated carbocycles. The summed E-state index contributed by atoms with van der Waals surface area (Å²) >= 11 is 0. The molecule has 114 valence electrons. The molecule has 1 spiro atoms. The fourth-order valence-corrected chi connectivity index (χ4v) is 3.41. The third kappa shape index (κ3) is 2.75. The number of aryl methyl sites for hydroxylation is 1. The zero-order chi connectivity index (χ0) is 14.9. The molecular weight excluding hydrogens is 268 g/mol. The molecule has 5 heteroatoms. The van der Waals surface area contributed by atoms with E-state index in [4.69, 9.17) is 9.47 Å². The van der Waals surface area contributed by atoms with E-state index in [0.29, 0.717) is 11.3 Å². The van der Waals surface area contributed by atoms with Crippen molar-refractivity contribution in [3.8, 4) is 0 Å². The average Bonchev–Trinajstić information content (AvgIpc) is 2.94. The van der Waals surface area contributed by atoms with Crippen molar-refractivity contribution in [1.29, 1.82) is 0 Å². The molecule has 2 fully saturated rings. The lowest BCUT2D eigenvalue weighted by Gasteiger charge is -2.41. The van der Waals surface area contributed by atoms with Gasteiger partial charge in [-0.25, -0.2) is 9.78 Å². The Labute approximate surface area is 125 Å². The number of anilines is 1. The number of carbonyl (C=O) groups is 1. The van der Waals surface area contributed by atoms with E-state index in [1.54, 1.807) is 6.07 Å². The van der Waals surface area contributed by atoms with Crippen molar-refractivity contribution in [3.63, 3.8) is 0 Å². The van der Waals surface area contributed by atoms with Gasteiger partial charge in [-0.15, -0.1) is 0 Å². The van der Waals surface area contributed by atoms with Gasteiger partial charge in [-0.3, -0.25) is 0 Å². The van der Waals surface area contributed by atoms with E-state index < -0.39 is 0 Å². The van der Waals surface area contributed by atoms with Crippen molar-refractivity contribution in [3.05, 3.63) is 23.4 Å². The molecule has 0 amide bonds. The number of ether oxygens (including phenoxy) is 2. The summed E-state index contributed by atoms with van der Waals surface area (Å²) in [6, 6.07) is 3.72. The Morgan fingerprint density at radius 1 is 1.38 bits per heavy atom. The minimum atomic E-state index is -0.333. The molecule has 0 aromatic carbocycles. The second kappa shape index (κ2) is 5.64. The summed E-state index contributed by atoms with van der Waals surface area (Å²) in [7, 11) is 1.39. The largest absolute Gasteiger partial charge is 0.465 e. The smallest absolute Gasteiger partial charge is 0.339 e. The minimum Gasteiger partial charge on any atom is -0.465 e. The number of rotatable bonds is 2. The molecule has 1 aromatic rings. The van der Waals surface area contributed by atoms with Crippen LogP contribution in [0.5, 0.6) is 0 Å². The number of pyridine rings is 1. The third-order valence-electron chi connectivity index (χ3n) is 4.56. The summed E-state index contributed by atoms with van der Waals surface area (Å²) in [5.41, 5.74) is 1.27. The highest BCUT2D eigenvalue weighted by Gasteiger charge is 2.39. The Kier molecular flexibility index (Phi) is 3.85. The van der Waals surface area contributed by atoms with Gasteiger partial charge in [-0.2, -0.15) is 0 Å². The van der Waals surface area contributed by atoms with Crippen molar-refractivity contribution >= 4 is 11.8 Å². The van der Waals surface area contributed by atoms with Gasteiger partial charge in [0.15, 0.2) is 0 Å². The number of methoxy groups -OCH3 is 1. The van der Waals surface area contributed by atoms with Crippen molar-refractivity contribution < 1.29 is 14.3 Å². The molecule has 0 atom stereocenters. The van der Waals surface area contributed by atoms with E-state index in [0.717, 1.165) is 38.4 Å². The van der Waals surface area contributed by atoms with Crippen molar-refractivity contribution in [2.24, 2.45) is 0 Å². The molecule has 1 aliphatic heterocycles. The first-order chi connectivity index (χ1) is 10.1. The number of carbonyl (C=O) groups excluding carboxylic acids is 1. The lowest BCUT2D eigenvalue weighted by atomic mass is 9.99. The van der Waals surface area contributed by atoms with Crippen LogP contribution in [-0.2, 0) is 9.47 Å². The summed E-state index contributed by atoms with van der Waals surface area (Å²) in [6.07, 6.45) is 4.79. The third-order valence-corrected chi connectivity index (χ3v) is 4.56. The van der Waals surface area contributed by atoms with Crippen molar-refractivity contribution in [2.45, 2.75) is 38.2 Å². The zero-order valence-electron chi connectivity index (χ0n) is 12.7. The van der Waals surface area contributed by atoms with E-state index in [9.17, 15) is 4.79 Å². The molecule has 5 nitrogen and oxygen atoms in total. The molecule has 0 unspecified atom stereocenters. The molecule has 1 aliphatic carbocycles. The van der Waals surface area contributed by atoms with E-state index in [-0.39, 0.29) is 11.6 Å². The molecule has 1 aromatic heterocycles. The second-order valence-electron chi connectivity index (χ2n) is 5.95. The molecule has 0 bridgehead atoms. The molecular formula is C16H22N2O3. The van der Waals surface area contributed by atoms with Gasteiger partial charge in [0.05, 0.1) is 30.6 Å². The second-order valence-corrected chi connectivity index (χ2v) is 5.95. The Morgan fingerprint density at radius 3 is 2.81 bits per heavy atom. The summed E-state index contributed by atoms with van der Waals surface area (Å²) in [4.78, 5) is 18.5. The Bertz CT molecular complexity index is 538. The molecule has 0 radical (unpaired) electrons. The first kappa shape index (κ1) is 14.3. The predicted octanol–water partition coefficient (Wildman–Crippen LogP) is 2.33. The van der Waals surface area contributed by atoms with Gasteiger partial charge in [0.2, 0.25) is 0 Å². The van der Waals surface area contributed by atoms with E-state index in [1.807, 2.05) is 13.0 Å². The summed E-state index contributed by atoms with van der Waals surface area (Å²) < 4.78 is 10.8. The van der Waals surface area contributed by atoms with Crippen molar-refractivity contribution in [1.82, 2.24) is 4.98 Å². The van der Waals surface area contributed by atoms with E-state index in [2.05, 4.69) is 9.88 Å². The van der Waals surface area contributed by atoms with Crippen LogP contribution in [0, 0.1) is 6.92 Å². The Morgan fingerprint density at radius 2 is 2.14 bits per heavy atom. The van der Waals surface area contributed by atoms with Crippen LogP contribution in [-0.4, -0.2) is 43.4 Å². The van der Waals surface area contributed by atoms with Crippen LogP contribution >= 0.6 is 0 Å². The lowest BCUT2D eigenvalue weighted by Crippen LogP contribution is -2.50. The number of morpholine rings is 1. The SMILES string of the molecule is COC(=O)c1ccc(N2CCOC3(CCCC3)C2)nc1C. The van der Waals surface area contributed by atoms with Crippen LogP contribution in [0.4, 0.5) is 5.82 Å². The molecule has 1 saturated heterocycles. The average molecular weight is 290 g/mol. The van der Waals surface area contributed by atoms with Gasteiger partial charge in [0, 0.05) is 13.1 Å². The van der Waals surface area contributed by atoms with Crippen LogP contribution < -0.4 is 4.90 Å². The van der Waals surface area contributed by atoms with Crippen LogP contribution in [0.25, 0.3) is 0 Å². The van der Waals surface area contributed by atoms with Gasteiger partial charge < -0.3 is 14.4 Å². The maximum atomic E-state index is 11.6. The van der Waals surface area contributed by atoms with Crippen LogP contribution in [0.15, 0.2) is 12.1 Å². The van der Waals surface area contributed by atoms with Gasteiger partial charge in [-0.1, -0.05) is 12.8 Å². The minimum absolute atomic E-state index is 0.0227. The highest BCUT2D eigenvalue weighted by Crippen LogP contribution is 2.36. The zero-order valence-corrected chi connectivity index (χ0v) is 12.7. The highest BCUT2D eigenvalue weighted by atomic mass is 16.5. The summed E-state index contributed by atoms with van der Waals surface area (Å²) in [5.74, 6) is 0.593. The number of hydrogen-bond donors (Lipinski definition) is 0. The maximum Gasteiger partial charge on any atom is 0.339 e. The number of hydrogen-bond acceptors (Lipinski definition) is 5. The standard InChI is InChI=1S/C16H22N2O3/c1-12-13(15(19)20-2)5-6-14(17-12)18-9-10-21-16(11-18)7-3-4-8-16/h5-6H,3-4,7-11H2,1-2H3. The van der Waals surface area contributed by atoms with E-state index >= 15 is 0 Å². The Hall–Kier alpha value is -1.62. The molecule has 21 heavy (non-hydrogen) atoms. The molecule has 0 N–H and O–H groups in total. The number of aromatic nitrogens is 1. The van der Waals surface area contributed by atoms with E-state index in [1.165, 1.54) is 20.0 Å². The predicted molar refractivity (Wildman–Crippen MR) is 79.7 cm³/mol. The van der Waals surface area contributed by atoms with Crippen LogP contribution in [0.3, 0.4) is 0 Å². The first-order valence-electron chi connectivity index (χ1n) is 7.58. The monoisotopic (exact) mass is 290 g/mol. The van der Waals surface area contributed by atoms with Crippen LogP contribution in [0.2, 0.25) is 0 Å². The van der Waals surface area contributed by atoms with Gasteiger partial charge in [0.25, 0.3) is 0 Å². The number of nitrogens with zero attached hydrogens (tertiary/aromatic N) is 2. The summed E-state index contributed by atoms with van der Waals surface area (Å²) in [6.45, 7) is 4.35. The van der Waals surface area contributed by atoms with Gasteiger partial charge >= 0.3 is 5.97 Å². The molecule has 3 rings (SSSR count). The number of esters is 1. The quantitative estimate of drug-likeness (QED) is 0.782. The molecule has 2 heterocycles. The van der Waals surface area contributed by atoms with Gasteiger partial charge in [-0.05, 0) is 31.9 Å². The first-order valence-corrected chi connectivity index (χ1v) is 7.58. The summed E-state index contributed by atoms with van der Waals surface area (Å²) in [5, 5.41) is 0. The topological polar surface area (TPSA) is 51.7 Å². The van der Waals surface area contributed by atoms with Crippen molar-refractivity contribution in [2.75, 3.05) is 31.7 Å². The van der Waals surface area contributed by atoms with Gasteiger partial charge in [0.1, 0.15) is 5.82 Å².